The van der Waals surface area contributed by atoms with Crippen LogP contribution in [0, 0.1) is 0 Å². The van der Waals surface area contributed by atoms with Crippen LogP contribution in [-0.4, -0.2) is 36.7 Å². The monoisotopic (exact) mass is 394 g/mol. The Morgan fingerprint density at radius 3 is 2.68 bits per heavy atom. The molecule has 0 atom stereocenters. The molecule has 1 amide bonds. The number of thiazole rings is 1. The SMILES string of the molecule is COc1cc2sc(=NC(=O)c3cccs3)n(CCSC)c2cc1OC. The first-order chi connectivity index (χ1) is 12.2. The average Bonchev–Trinajstić information content (AvgIpc) is 3.26. The molecule has 0 radical (unpaired) electrons. The number of ether oxygens (including phenoxy) is 2. The van der Waals surface area contributed by atoms with Crippen molar-refractivity contribution in [2.45, 2.75) is 6.54 Å². The van der Waals surface area contributed by atoms with Crippen molar-refractivity contribution in [3.8, 4) is 11.5 Å². The van der Waals surface area contributed by atoms with Crippen LogP contribution in [0.3, 0.4) is 0 Å². The van der Waals surface area contributed by atoms with E-state index in [1.807, 2.05) is 23.6 Å². The van der Waals surface area contributed by atoms with Crippen LogP contribution in [0.25, 0.3) is 10.2 Å². The van der Waals surface area contributed by atoms with Crippen LogP contribution in [0.5, 0.6) is 11.5 Å². The topological polar surface area (TPSA) is 52.8 Å². The number of amides is 1. The zero-order chi connectivity index (χ0) is 17.8. The number of thiophene rings is 1. The highest BCUT2D eigenvalue weighted by Gasteiger charge is 2.14. The minimum Gasteiger partial charge on any atom is -0.493 e. The molecule has 2 aromatic heterocycles. The third-order valence-electron chi connectivity index (χ3n) is 3.64. The first kappa shape index (κ1) is 18.0. The number of carbonyl (C=O) groups is 1. The predicted octanol–water partition coefficient (Wildman–Crippen LogP) is 3.89. The number of benzene rings is 1. The number of methoxy groups -OCH3 is 2. The summed E-state index contributed by atoms with van der Waals surface area (Å²) in [6, 6.07) is 7.53. The number of hydrogen-bond donors (Lipinski definition) is 0. The van der Waals surface area contributed by atoms with Crippen LogP contribution in [0.15, 0.2) is 34.6 Å². The molecule has 0 spiro atoms. The molecular formula is C17H18N2O3S3. The Kier molecular flexibility index (Phi) is 5.82. The second-order valence-electron chi connectivity index (χ2n) is 5.10. The van der Waals surface area contributed by atoms with Gasteiger partial charge in [-0.1, -0.05) is 17.4 Å². The van der Waals surface area contributed by atoms with Crippen molar-refractivity contribution < 1.29 is 14.3 Å². The lowest BCUT2D eigenvalue weighted by Crippen LogP contribution is -2.18. The van der Waals surface area contributed by atoms with Crippen LogP contribution in [0.2, 0.25) is 0 Å². The first-order valence-corrected chi connectivity index (χ1v) is 10.6. The number of thioether (sulfide) groups is 1. The Balaban J connectivity index is 2.17. The maximum atomic E-state index is 12.4. The van der Waals surface area contributed by atoms with E-state index in [9.17, 15) is 4.79 Å². The van der Waals surface area contributed by atoms with Crippen molar-refractivity contribution in [3.05, 3.63) is 39.3 Å². The normalized spacial score (nSPS) is 11.9. The van der Waals surface area contributed by atoms with Crippen molar-refractivity contribution in [2.24, 2.45) is 4.99 Å². The molecule has 2 heterocycles. The fourth-order valence-corrected chi connectivity index (χ4v) is 4.46. The second kappa shape index (κ2) is 8.07. The number of fused-ring (bicyclic) bond motifs is 1. The van der Waals surface area contributed by atoms with Gasteiger partial charge in [0.25, 0.3) is 5.91 Å². The molecule has 25 heavy (non-hydrogen) atoms. The Morgan fingerprint density at radius 1 is 1.28 bits per heavy atom. The third-order valence-corrected chi connectivity index (χ3v) is 6.13. The smallest absolute Gasteiger partial charge is 0.289 e. The van der Waals surface area contributed by atoms with Gasteiger partial charge < -0.3 is 14.0 Å². The fraction of sp³-hybridized carbons (Fsp3) is 0.294. The van der Waals surface area contributed by atoms with Gasteiger partial charge in [0.2, 0.25) is 0 Å². The lowest BCUT2D eigenvalue weighted by atomic mass is 10.3. The van der Waals surface area contributed by atoms with Gasteiger partial charge in [-0.25, -0.2) is 0 Å². The van der Waals surface area contributed by atoms with Gasteiger partial charge in [0.1, 0.15) is 0 Å². The molecule has 0 aliphatic carbocycles. The summed E-state index contributed by atoms with van der Waals surface area (Å²) in [5.74, 6) is 2.06. The Morgan fingerprint density at radius 2 is 2.04 bits per heavy atom. The van der Waals surface area contributed by atoms with E-state index in [1.165, 1.54) is 22.7 Å². The van der Waals surface area contributed by atoms with E-state index in [-0.39, 0.29) is 5.91 Å². The van der Waals surface area contributed by atoms with Gasteiger partial charge in [0, 0.05) is 24.4 Å². The molecule has 8 heteroatoms. The van der Waals surface area contributed by atoms with E-state index in [4.69, 9.17) is 9.47 Å². The van der Waals surface area contributed by atoms with Gasteiger partial charge in [-0.3, -0.25) is 4.79 Å². The van der Waals surface area contributed by atoms with Crippen molar-refractivity contribution in [1.29, 1.82) is 0 Å². The van der Waals surface area contributed by atoms with E-state index >= 15 is 0 Å². The highest BCUT2D eigenvalue weighted by Crippen LogP contribution is 2.33. The van der Waals surface area contributed by atoms with E-state index in [1.54, 1.807) is 32.0 Å². The lowest BCUT2D eigenvalue weighted by molar-refractivity contribution is 0.100. The van der Waals surface area contributed by atoms with Gasteiger partial charge in [-0.05, 0) is 17.7 Å². The summed E-state index contributed by atoms with van der Waals surface area (Å²) in [5.41, 5.74) is 0.995. The molecule has 0 saturated heterocycles. The van der Waals surface area contributed by atoms with Crippen LogP contribution in [0.4, 0.5) is 0 Å². The Labute approximate surface area is 157 Å². The molecule has 1 aromatic carbocycles. The van der Waals surface area contributed by atoms with E-state index < -0.39 is 0 Å². The summed E-state index contributed by atoms with van der Waals surface area (Å²) in [5, 5.41) is 1.88. The summed E-state index contributed by atoms with van der Waals surface area (Å²) >= 11 is 4.64. The first-order valence-electron chi connectivity index (χ1n) is 7.54. The Hall–Kier alpha value is -1.77. The molecule has 0 saturated carbocycles. The summed E-state index contributed by atoms with van der Waals surface area (Å²) in [6.07, 6.45) is 2.06. The van der Waals surface area contributed by atoms with Gasteiger partial charge in [0.15, 0.2) is 16.3 Å². The summed E-state index contributed by atoms with van der Waals surface area (Å²) < 4.78 is 13.9. The second-order valence-corrected chi connectivity index (χ2v) is 8.04. The maximum Gasteiger partial charge on any atom is 0.289 e. The molecular weight excluding hydrogens is 376 g/mol. The molecule has 0 unspecified atom stereocenters. The highest BCUT2D eigenvalue weighted by atomic mass is 32.2. The molecule has 0 aliphatic heterocycles. The largest absolute Gasteiger partial charge is 0.493 e. The third kappa shape index (κ3) is 3.75. The van der Waals surface area contributed by atoms with Crippen molar-refractivity contribution in [3.63, 3.8) is 0 Å². The quantitative estimate of drug-likeness (QED) is 0.637. The van der Waals surface area contributed by atoms with Gasteiger partial charge in [-0.2, -0.15) is 16.8 Å². The number of carbonyl (C=O) groups excluding carboxylic acids is 1. The van der Waals surface area contributed by atoms with Gasteiger partial charge in [0.05, 0.1) is 29.3 Å². The number of nitrogens with zero attached hydrogens (tertiary/aromatic N) is 2. The summed E-state index contributed by atoms with van der Waals surface area (Å²) in [7, 11) is 3.23. The van der Waals surface area contributed by atoms with Crippen molar-refractivity contribution in [2.75, 3.05) is 26.2 Å². The van der Waals surface area contributed by atoms with Crippen LogP contribution < -0.4 is 14.3 Å². The minimum absolute atomic E-state index is 0.210. The summed E-state index contributed by atoms with van der Waals surface area (Å²) in [6.45, 7) is 0.771. The zero-order valence-corrected chi connectivity index (χ0v) is 16.6. The van der Waals surface area contributed by atoms with E-state index in [0.29, 0.717) is 21.2 Å². The molecule has 0 N–H and O–H groups in total. The van der Waals surface area contributed by atoms with E-state index in [2.05, 4.69) is 15.8 Å². The molecule has 0 fully saturated rings. The van der Waals surface area contributed by atoms with Gasteiger partial charge >= 0.3 is 0 Å². The van der Waals surface area contributed by atoms with Gasteiger partial charge in [-0.15, -0.1) is 11.3 Å². The Bertz CT molecular complexity index is 942. The number of rotatable bonds is 6. The number of aryl methyl sites for hydroxylation is 1. The standard InChI is InChI=1S/C17H18N2O3S3/c1-21-12-9-11-15(10-13(12)22-2)25-17(19(11)6-8-23-3)18-16(20)14-5-4-7-24-14/h4-5,7,9-10H,6,8H2,1-3H3. The lowest BCUT2D eigenvalue weighted by Gasteiger charge is -2.09. The van der Waals surface area contributed by atoms with Crippen LogP contribution in [-0.2, 0) is 6.54 Å². The van der Waals surface area contributed by atoms with E-state index in [0.717, 1.165) is 22.5 Å². The number of hydrogen-bond acceptors (Lipinski definition) is 6. The van der Waals surface area contributed by atoms with Crippen LogP contribution in [0.1, 0.15) is 9.67 Å². The van der Waals surface area contributed by atoms with Crippen molar-refractivity contribution >= 4 is 50.6 Å². The molecule has 0 bridgehead atoms. The zero-order valence-electron chi connectivity index (χ0n) is 14.1. The molecule has 132 valence electrons. The molecule has 3 aromatic rings. The summed E-state index contributed by atoms with van der Waals surface area (Å²) in [4.78, 5) is 18.1. The molecule has 5 nitrogen and oxygen atoms in total. The van der Waals surface area contributed by atoms with Crippen molar-refractivity contribution in [1.82, 2.24) is 4.57 Å². The fourth-order valence-electron chi connectivity index (χ4n) is 2.42. The highest BCUT2D eigenvalue weighted by molar-refractivity contribution is 7.98. The average molecular weight is 395 g/mol. The molecule has 0 aliphatic rings. The predicted molar refractivity (Wildman–Crippen MR) is 106 cm³/mol. The van der Waals surface area contributed by atoms with Crippen LogP contribution >= 0.6 is 34.4 Å². The molecule has 3 rings (SSSR count). The maximum absolute atomic E-state index is 12.4. The number of aromatic nitrogens is 1. The minimum atomic E-state index is -0.210.